The van der Waals surface area contributed by atoms with Gasteiger partial charge in [0, 0.05) is 20.2 Å². The number of hydrogen-bond acceptors (Lipinski definition) is 4. The van der Waals surface area contributed by atoms with Crippen molar-refractivity contribution in [1.82, 2.24) is 9.88 Å². The molecule has 0 unspecified atom stereocenters. The third-order valence-corrected chi connectivity index (χ3v) is 1.73. The fourth-order valence-electron chi connectivity index (χ4n) is 0.992. The van der Waals surface area contributed by atoms with Crippen molar-refractivity contribution in [1.29, 1.82) is 0 Å². The minimum atomic E-state index is -1.06. The van der Waals surface area contributed by atoms with Crippen molar-refractivity contribution in [3.8, 4) is 5.88 Å². The molecule has 0 aromatic carbocycles. The van der Waals surface area contributed by atoms with E-state index in [-0.39, 0.29) is 11.4 Å². The van der Waals surface area contributed by atoms with Crippen LogP contribution in [0.25, 0.3) is 0 Å². The highest BCUT2D eigenvalue weighted by atomic mass is 16.5. The van der Waals surface area contributed by atoms with E-state index < -0.39 is 5.97 Å². The van der Waals surface area contributed by atoms with Crippen molar-refractivity contribution in [2.24, 2.45) is 4.99 Å². The van der Waals surface area contributed by atoms with Gasteiger partial charge in [-0.15, -0.1) is 0 Å². The Kier molecular flexibility index (Phi) is 3.82. The van der Waals surface area contributed by atoms with Gasteiger partial charge in [-0.25, -0.2) is 14.8 Å². The highest BCUT2D eigenvalue weighted by Gasteiger charge is 2.11. The number of aromatic carboxylic acids is 1. The summed E-state index contributed by atoms with van der Waals surface area (Å²) in [6.07, 6.45) is 2.87. The molecule has 0 spiro atoms. The minimum absolute atomic E-state index is 0.0601. The van der Waals surface area contributed by atoms with E-state index in [4.69, 9.17) is 9.84 Å². The molecule has 0 saturated carbocycles. The topological polar surface area (TPSA) is 75.0 Å². The van der Waals surface area contributed by atoms with Gasteiger partial charge in [-0.1, -0.05) is 0 Å². The van der Waals surface area contributed by atoms with Crippen molar-refractivity contribution in [3.63, 3.8) is 0 Å². The van der Waals surface area contributed by atoms with Gasteiger partial charge < -0.3 is 14.7 Å². The van der Waals surface area contributed by atoms with E-state index in [0.29, 0.717) is 5.69 Å². The van der Waals surface area contributed by atoms with E-state index in [0.717, 1.165) is 0 Å². The van der Waals surface area contributed by atoms with E-state index >= 15 is 0 Å². The number of carboxylic acid groups (broad SMARTS) is 1. The predicted molar refractivity (Wildman–Crippen MR) is 59.6 cm³/mol. The van der Waals surface area contributed by atoms with Crippen LogP contribution in [0.15, 0.2) is 17.3 Å². The summed E-state index contributed by atoms with van der Waals surface area (Å²) in [5, 5.41) is 8.98. The maximum atomic E-state index is 11.0. The molecule has 0 aliphatic rings. The minimum Gasteiger partial charge on any atom is -0.481 e. The first-order valence-corrected chi connectivity index (χ1v) is 4.52. The van der Waals surface area contributed by atoms with Gasteiger partial charge in [0.05, 0.1) is 30.9 Å². The van der Waals surface area contributed by atoms with Crippen LogP contribution in [0.3, 0.4) is 0 Å². The monoisotopic (exact) mass is 223 g/mol. The fourth-order valence-corrected chi connectivity index (χ4v) is 0.992. The van der Waals surface area contributed by atoms with Crippen LogP contribution in [0.4, 0.5) is 5.69 Å². The average Bonchev–Trinajstić information content (AvgIpc) is 2.25. The van der Waals surface area contributed by atoms with Gasteiger partial charge in [-0.2, -0.15) is 0 Å². The number of pyridine rings is 1. The Labute approximate surface area is 93.2 Å². The number of methoxy groups -OCH3 is 1. The summed E-state index contributed by atoms with van der Waals surface area (Å²) in [5.41, 5.74) is 0.354. The number of carboxylic acids is 1. The maximum Gasteiger partial charge on any atom is 0.338 e. The summed E-state index contributed by atoms with van der Waals surface area (Å²) in [5.74, 6) is -0.812. The van der Waals surface area contributed by atoms with Gasteiger partial charge in [-0.05, 0) is 0 Å². The standard InChI is InChI=1S/C10H13N3O3/c1-13(2)6-12-8-5-11-9(16-3)4-7(8)10(14)15/h4-6H,1-3H3,(H,14,15). The molecule has 1 N–H and O–H groups in total. The van der Waals surface area contributed by atoms with Crippen LogP contribution in [0.5, 0.6) is 5.88 Å². The van der Waals surface area contributed by atoms with Crippen molar-refractivity contribution in [2.45, 2.75) is 0 Å². The summed E-state index contributed by atoms with van der Waals surface area (Å²) in [6.45, 7) is 0. The number of nitrogens with zero attached hydrogens (tertiary/aromatic N) is 3. The zero-order valence-electron chi connectivity index (χ0n) is 9.34. The first-order valence-electron chi connectivity index (χ1n) is 4.52. The van der Waals surface area contributed by atoms with Crippen LogP contribution < -0.4 is 4.74 Å². The fraction of sp³-hybridized carbons (Fsp3) is 0.300. The zero-order valence-corrected chi connectivity index (χ0v) is 9.34. The lowest BCUT2D eigenvalue weighted by molar-refractivity contribution is 0.0697. The first-order chi connectivity index (χ1) is 7.54. The van der Waals surface area contributed by atoms with E-state index in [1.165, 1.54) is 25.7 Å². The molecule has 0 saturated heterocycles. The van der Waals surface area contributed by atoms with Crippen LogP contribution in [0.2, 0.25) is 0 Å². The smallest absolute Gasteiger partial charge is 0.338 e. The summed E-state index contributed by atoms with van der Waals surface area (Å²) in [4.78, 5) is 20.6. The average molecular weight is 223 g/mol. The maximum absolute atomic E-state index is 11.0. The Bertz CT molecular complexity index is 416. The molecule has 16 heavy (non-hydrogen) atoms. The van der Waals surface area contributed by atoms with Gasteiger partial charge in [0.25, 0.3) is 0 Å². The number of hydrogen-bond donors (Lipinski definition) is 1. The van der Waals surface area contributed by atoms with E-state index in [2.05, 4.69) is 9.98 Å². The third-order valence-electron chi connectivity index (χ3n) is 1.73. The zero-order chi connectivity index (χ0) is 12.1. The van der Waals surface area contributed by atoms with Crippen LogP contribution >= 0.6 is 0 Å². The molecule has 0 atom stereocenters. The van der Waals surface area contributed by atoms with Gasteiger partial charge >= 0.3 is 5.97 Å². The van der Waals surface area contributed by atoms with E-state index in [1.807, 2.05) is 0 Å². The second-order valence-corrected chi connectivity index (χ2v) is 3.26. The molecule has 0 amide bonds. The SMILES string of the molecule is COc1cc(C(=O)O)c(N=CN(C)C)cn1. The molecular formula is C10H13N3O3. The van der Waals surface area contributed by atoms with Gasteiger partial charge in [0.15, 0.2) is 0 Å². The third kappa shape index (κ3) is 2.94. The quantitative estimate of drug-likeness (QED) is 0.609. The molecular weight excluding hydrogens is 210 g/mol. The Balaban J connectivity index is 3.13. The molecule has 6 nitrogen and oxygen atoms in total. The van der Waals surface area contributed by atoms with Crippen LogP contribution in [0, 0.1) is 0 Å². The molecule has 1 aromatic rings. The second-order valence-electron chi connectivity index (χ2n) is 3.26. The molecule has 0 fully saturated rings. The van der Waals surface area contributed by atoms with E-state index in [9.17, 15) is 4.79 Å². The van der Waals surface area contributed by atoms with Crippen molar-refractivity contribution >= 4 is 18.0 Å². The number of carbonyl (C=O) groups is 1. The highest BCUT2D eigenvalue weighted by molar-refractivity contribution is 5.94. The van der Waals surface area contributed by atoms with Gasteiger partial charge in [-0.3, -0.25) is 0 Å². The predicted octanol–water partition coefficient (Wildman–Crippen LogP) is 1.01. The number of ether oxygens (including phenoxy) is 1. The molecule has 6 heteroatoms. The van der Waals surface area contributed by atoms with Crippen molar-refractivity contribution in [2.75, 3.05) is 21.2 Å². The molecule has 1 rings (SSSR count). The number of rotatable bonds is 4. The number of aromatic nitrogens is 1. The Morgan fingerprint density at radius 1 is 1.62 bits per heavy atom. The van der Waals surface area contributed by atoms with Crippen molar-refractivity contribution < 1.29 is 14.6 Å². The Morgan fingerprint density at radius 2 is 2.31 bits per heavy atom. The highest BCUT2D eigenvalue weighted by Crippen LogP contribution is 2.21. The molecule has 0 radical (unpaired) electrons. The molecule has 0 aliphatic heterocycles. The largest absolute Gasteiger partial charge is 0.481 e. The van der Waals surface area contributed by atoms with Crippen LogP contribution in [-0.4, -0.2) is 48.5 Å². The molecule has 0 aliphatic carbocycles. The van der Waals surface area contributed by atoms with Gasteiger partial charge in [0.2, 0.25) is 5.88 Å². The first kappa shape index (κ1) is 12.0. The Hall–Kier alpha value is -2.11. The Morgan fingerprint density at radius 3 is 2.81 bits per heavy atom. The summed E-state index contributed by atoms with van der Waals surface area (Å²) in [6, 6.07) is 1.34. The summed E-state index contributed by atoms with van der Waals surface area (Å²) >= 11 is 0. The summed E-state index contributed by atoms with van der Waals surface area (Å²) < 4.78 is 4.85. The normalized spacial score (nSPS) is 10.4. The summed E-state index contributed by atoms with van der Waals surface area (Å²) in [7, 11) is 5.01. The lowest BCUT2D eigenvalue weighted by Crippen LogP contribution is -2.07. The number of aliphatic imine (C=N–C) groups is 1. The lowest BCUT2D eigenvalue weighted by Gasteiger charge is -2.05. The van der Waals surface area contributed by atoms with E-state index in [1.54, 1.807) is 19.0 Å². The van der Waals surface area contributed by atoms with Crippen LogP contribution in [0.1, 0.15) is 10.4 Å². The molecule has 86 valence electrons. The lowest BCUT2D eigenvalue weighted by atomic mass is 10.2. The van der Waals surface area contributed by atoms with Gasteiger partial charge in [0.1, 0.15) is 0 Å². The van der Waals surface area contributed by atoms with Crippen molar-refractivity contribution in [3.05, 3.63) is 17.8 Å². The molecule has 0 bridgehead atoms. The molecule has 1 heterocycles. The van der Waals surface area contributed by atoms with Crippen LogP contribution in [-0.2, 0) is 0 Å². The second kappa shape index (κ2) is 5.11. The molecule has 1 aromatic heterocycles.